The van der Waals surface area contributed by atoms with E-state index in [-0.39, 0.29) is 12.4 Å². The maximum atomic E-state index is 12.6. The highest BCUT2D eigenvalue weighted by Gasteiger charge is 2.25. The number of fused-ring (bicyclic) bond motifs is 6. The molecular formula is C23H21NO5. The lowest BCUT2D eigenvalue weighted by atomic mass is 9.90. The summed E-state index contributed by atoms with van der Waals surface area (Å²) in [5, 5.41) is 1.06. The topological polar surface area (TPSA) is 61.1 Å². The van der Waals surface area contributed by atoms with E-state index < -0.39 is 0 Å². The van der Waals surface area contributed by atoms with E-state index >= 15 is 0 Å². The summed E-state index contributed by atoms with van der Waals surface area (Å²) in [5.41, 5.74) is 4.60. The maximum Gasteiger partial charge on any atom is 0.339 e. The molecule has 0 bridgehead atoms. The highest BCUT2D eigenvalue weighted by molar-refractivity contribution is 5.86. The van der Waals surface area contributed by atoms with Gasteiger partial charge in [0.05, 0.1) is 5.56 Å². The average Bonchev–Trinajstić information content (AvgIpc) is 3.22. The molecule has 0 unspecified atom stereocenters. The molecule has 3 heterocycles. The average molecular weight is 391 g/mol. The monoisotopic (exact) mass is 391 g/mol. The molecule has 0 N–H and O–H groups in total. The van der Waals surface area contributed by atoms with Crippen LogP contribution >= 0.6 is 0 Å². The first kappa shape index (κ1) is 16.9. The first-order valence-electron chi connectivity index (χ1n) is 10.1. The molecule has 6 heteroatoms. The van der Waals surface area contributed by atoms with Crippen LogP contribution in [-0.4, -0.2) is 18.4 Å². The fourth-order valence-electron chi connectivity index (χ4n) is 4.66. The Morgan fingerprint density at radius 3 is 2.62 bits per heavy atom. The first-order chi connectivity index (χ1) is 14.3. The zero-order valence-electron chi connectivity index (χ0n) is 16.0. The SMILES string of the molecule is O=c1oc2c3c(ccc2c2c1CCCC2)OCN(Cc1ccc2c(c1)OCO2)C3. The summed E-state index contributed by atoms with van der Waals surface area (Å²) in [7, 11) is 0. The summed E-state index contributed by atoms with van der Waals surface area (Å²) in [5.74, 6) is 2.37. The molecule has 0 radical (unpaired) electrons. The molecular weight excluding hydrogens is 370 g/mol. The van der Waals surface area contributed by atoms with Gasteiger partial charge in [-0.15, -0.1) is 0 Å². The van der Waals surface area contributed by atoms with Crippen molar-refractivity contribution in [2.75, 3.05) is 13.5 Å². The Kier molecular flexibility index (Phi) is 3.81. The van der Waals surface area contributed by atoms with Crippen LogP contribution in [0.3, 0.4) is 0 Å². The van der Waals surface area contributed by atoms with E-state index in [9.17, 15) is 4.79 Å². The number of aryl methyl sites for hydroxylation is 1. The summed E-state index contributed by atoms with van der Waals surface area (Å²) < 4.78 is 22.7. The molecule has 0 fully saturated rings. The van der Waals surface area contributed by atoms with Gasteiger partial charge in [0.25, 0.3) is 0 Å². The van der Waals surface area contributed by atoms with Crippen LogP contribution in [0.25, 0.3) is 11.0 Å². The second-order valence-electron chi connectivity index (χ2n) is 7.92. The van der Waals surface area contributed by atoms with Crippen molar-refractivity contribution < 1.29 is 18.6 Å². The maximum absolute atomic E-state index is 12.6. The van der Waals surface area contributed by atoms with Gasteiger partial charge in [-0.3, -0.25) is 4.90 Å². The number of nitrogens with zero attached hydrogens (tertiary/aromatic N) is 1. The predicted molar refractivity (Wildman–Crippen MR) is 106 cm³/mol. The lowest BCUT2D eigenvalue weighted by Gasteiger charge is -2.30. The van der Waals surface area contributed by atoms with E-state index in [1.54, 1.807) is 0 Å². The van der Waals surface area contributed by atoms with Gasteiger partial charge in [0.15, 0.2) is 11.5 Å². The standard InChI is InChI=1S/C23H21NO5/c25-23-17-4-2-1-3-15(17)16-6-8-19-18(22(16)29-23)11-24(12-26-19)10-14-5-7-20-21(9-14)28-13-27-20/h5-9H,1-4,10-13H2. The molecule has 0 saturated carbocycles. The van der Waals surface area contributed by atoms with Crippen LogP contribution < -0.4 is 19.8 Å². The van der Waals surface area contributed by atoms with Gasteiger partial charge in [-0.25, -0.2) is 4.79 Å². The van der Waals surface area contributed by atoms with Crippen LogP contribution in [-0.2, 0) is 25.9 Å². The minimum atomic E-state index is -0.187. The van der Waals surface area contributed by atoms with Gasteiger partial charge < -0.3 is 18.6 Å². The van der Waals surface area contributed by atoms with Gasteiger partial charge in [-0.05, 0) is 61.1 Å². The fraction of sp³-hybridized carbons (Fsp3) is 0.348. The molecule has 6 rings (SSSR count). The summed E-state index contributed by atoms with van der Waals surface area (Å²) in [6, 6.07) is 10.1. The summed E-state index contributed by atoms with van der Waals surface area (Å²) in [6.45, 7) is 2.14. The third-order valence-electron chi connectivity index (χ3n) is 6.08. The van der Waals surface area contributed by atoms with E-state index in [1.807, 2.05) is 24.3 Å². The third kappa shape index (κ3) is 2.78. The van der Waals surface area contributed by atoms with Crippen molar-refractivity contribution in [2.45, 2.75) is 38.8 Å². The van der Waals surface area contributed by atoms with Crippen LogP contribution in [0.5, 0.6) is 17.2 Å². The van der Waals surface area contributed by atoms with E-state index in [4.69, 9.17) is 18.6 Å². The molecule has 1 aliphatic carbocycles. The number of hydrogen-bond donors (Lipinski definition) is 0. The molecule has 3 aliphatic rings. The molecule has 29 heavy (non-hydrogen) atoms. The lowest BCUT2D eigenvalue weighted by molar-refractivity contribution is 0.0889. The molecule has 2 aliphatic heterocycles. The van der Waals surface area contributed by atoms with Crippen molar-refractivity contribution in [1.82, 2.24) is 4.90 Å². The highest BCUT2D eigenvalue weighted by Crippen LogP contribution is 2.37. The molecule has 0 amide bonds. The number of hydrogen-bond acceptors (Lipinski definition) is 6. The van der Waals surface area contributed by atoms with E-state index in [2.05, 4.69) is 11.0 Å². The second kappa shape index (κ2) is 6.52. The third-order valence-corrected chi connectivity index (χ3v) is 6.08. The lowest BCUT2D eigenvalue weighted by Crippen LogP contribution is -2.31. The Morgan fingerprint density at radius 1 is 0.862 bits per heavy atom. The highest BCUT2D eigenvalue weighted by atomic mass is 16.7. The molecule has 148 valence electrons. The van der Waals surface area contributed by atoms with Crippen LogP contribution in [0.1, 0.15) is 35.1 Å². The normalized spacial score (nSPS) is 17.7. The predicted octanol–water partition coefficient (Wildman–Crippen LogP) is 3.75. The Hall–Kier alpha value is -2.99. The number of ether oxygens (including phenoxy) is 3. The van der Waals surface area contributed by atoms with Gasteiger partial charge >= 0.3 is 5.63 Å². The smallest absolute Gasteiger partial charge is 0.339 e. The molecule has 0 saturated heterocycles. The van der Waals surface area contributed by atoms with Gasteiger partial charge in [-0.1, -0.05) is 6.07 Å². The van der Waals surface area contributed by atoms with Crippen molar-refractivity contribution in [2.24, 2.45) is 0 Å². The first-order valence-corrected chi connectivity index (χ1v) is 10.1. The van der Waals surface area contributed by atoms with Crippen molar-refractivity contribution in [3.8, 4) is 17.2 Å². The van der Waals surface area contributed by atoms with Crippen molar-refractivity contribution in [3.63, 3.8) is 0 Å². The number of benzene rings is 2. The van der Waals surface area contributed by atoms with Gasteiger partial charge in [0, 0.05) is 24.0 Å². The molecule has 1 aromatic heterocycles. The fourth-order valence-corrected chi connectivity index (χ4v) is 4.66. The molecule has 6 nitrogen and oxygen atoms in total. The van der Waals surface area contributed by atoms with Gasteiger partial charge in [0.1, 0.15) is 18.1 Å². The minimum Gasteiger partial charge on any atom is -0.478 e. The molecule has 0 spiro atoms. The Morgan fingerprint density at radius 2 is 1.69 bits per heavy atom. The van der Waals surface area contributed by atoms with Crippen LogP contribution in [0.4, 0.5) is 0 Å². The van der Waals surface area contributed by atoms with E-state index in [1.165, 1.54) is 0 Å². The largest absolute Gasteiger partial charge is 0.478 e. The van der Waals surface area contributed by atoms with Gasteiger partial charge in [0.2, 0.25) is 6.79 Å². The Labute approximate surface area is 167 Å². The quantitative estimate of drug-likeness (QED) is 0.620. The van der Waals surface area contributed by atoms with E-state index in [0.717, 1.165) is 70.6 Å². The van der Waals surface area contributed by atoms with Crippen LogP contribution in [0.15, 0.2) is 39.5 Å². The molecule has 2 aromatic carbocycles. The summed E-state index contributed by atoms with van der Waals surface area (Å²) in [6.07, 6.45) is 3.94. The minimum absolute atomic E-state index is 0.187. The Balaban J connectivity index is 1.36. The molecule has 0 atom stereocenters. The zero-order chi connectivity index (χ0) is 19.4. The summed E-state index contributed by atoms with van der Waals surface area (Å²) in [4.78, 5) is 14.8. The van der Waals surface area contributed by atoms with Crippen molar-refractivity contribution >= 4 is 11.0 Å². The van der Waals surface area contributed by atoms with Gasteiger partial charge in [-0.2, -0.15) is 0 Å². The second-order valence-corrected chi connectivity index (χ2v) is 7.92. The Bertz CT molecular complexity index is 1180. The molecule has 3 aromatic rings. The van der Waals surface area contributed by atoms with Crippen LogP contribution in [0, 0.1) is 0 Å². The van der Waals surface area contributed by atoms with Crippen molar-refractivity contribution in [1.29, 1.82) is 0 Å². The van der Waals surface area contributed by atoms with E-state index in [0.29, 0.717) is 25.4 Å². The number of rotatable bonds is 2. The van der Waals surface area contributed by atoms with Crippen molar-refractivity contribution in [3.05, 3.63) is 63.0 Å². The van der Waals surface area contributed by atoms with Crippen LogP contribution in [0.2, 0.25) is 0 Å². The summed E-state index contributed by atoms with van der Waals surface area (Å²) >= 11 is 0. The zero-order valence-corrected chi connectivity index (χ0v) is 16.0.